The Morgan fingerprint density at radius 1 is 0.700 bits per heavy atom. The smallest absolute Gasteiger partial charge is 0.508 e. The normalized spacial score (nSPS) is 11.9. The number of carbonyl (C=O) groups excluding carboxylic acids is 1. The van der Waals surface area contributed by atoms with Crippen molar-refractivity contribution in [2.24, 2.45) is 0 Å². The minimum absolute atomic E-state index is 0.0715. The van der Waals surface area contributed by atoms with Crippen LogP contribution in [0.15, 0.2) is 139 Å². The van der Waals surface area contributed by atoms with Gasteiger partial charge in [-0.05, 0) is 192 Å². The van der Waals surface area contributed by atoms with Crippen LogP contribution in [-0.4, -0.2) is 70.1 Å². The zero-order valence-electron chi connectivity index (χ0n) is 53.3. The van der Waals surface area contributed by atoms with Gasteiger partial charge >= 0.3 is 15.6 Å². The Morgan fingerprint density at radius 3 is 1.72 bits per heavy atom. The maximum atomic E-state index is 14.2. The molecule has 486 valence electrons. The molecule has 12 nitrogen and oxygen atoms in total. The van der Waals surface area contributed by atoms with E-state index in [1.807, 2.05) is 42.6 Å². The summed E-state index contributed by atoms with van der Waals surface area (Å²) in [6.07, 6.45) is 5.78. The van der Waals surface area contributed by atoms with Crippen LogP contribution in [0.4, 0.5) is 40.8 Å². The van der Waals surface area contributed by atoms with E-state index in [1.54, 1.807) is 63.4 Å². The lowest BCUT2D eigenvalue weighted by molar-refractivity contribution is -0.0500. The Morgan fingerprint density at radius 2 is 1.23 bits per heavy atom. The first kappa shape index (κ1) is 74.3. The van der Waals surface area contributed by atoms with E-state index in [0.29, 0.717) is 69.8 Å². The number of carbonyl (C=O) groups is 1. The number of halogens is 8. The van der Waals surface area contributed by atoms with Gasteiger partial charge in [0.1, 0.15) is 34.8 Å². The summed E-state index contributed by atoms with van der Waals surface area (Å²) in [4.78, 5) is 21.0. The number of hydrogen-bond donors (Lipinski definition) is 4. The van der Waals surface area contributed by atoms with Crippen LogP contribution < -0.4 is 24.7 Å². The van der Waals surface area contributed by atoms with E-state index < -0.39 is 53.3 Å². The van der Waals surface area contributed by atoms with Gasteiger partial charge < -0.3 is 39.2 Å². The van der Waals surface area contributed by atoms with Crippen LogP contribution in [0.1, 0.15) is 97.8 Å². The lowest BCUT2D eigenvalue weighted by Gasteiger charge is -2.37. The summed E-state index contributed by atoms with van der Waals surface area (Å²) in [5.41, 5.74) is 8.83. The van der Waals surface area contributed by atoms with Crippen molar-refractivity contribution in [1.82, 2.24) is 15.3 Å². The molecule has 0 spiro atoms. The fourth-order valence-corrected chi connectivity index (χ4v) is 9.40. The van der Waals surface area contributed by atoms with Gasteiger partial charge in [-0.15, -0.1) is 0 Å². The highest BCUT2D eigenvalue weighted by atomic mass is 32.2. The summed E-state index contributed by atoms with van der Waals surface area (Å²) >= 11 is 0. The second-order valence-electron chi connectivity index (χ2n) is 23.1. The third-order valence-electron chi connectivity index (χ3n) is 14.9. The molecule has 90 heavy (non-hydrogen) atoms. The van der Waals surface area contributed by atoms with Crippen LogP contribution in [0.25, 0.3) is 22.0 Å². The summed E-state index contributed by atoms with van der Waals surface area (Å²) in [7, 11) is -5.41. The number of fused-ring (bicyclic) bond motifs is 4. The molecule has 1 atom stereocenters. The molecule has 2 heterocycles. The quantitative estimate of drug-likeness (QED) is 0.0244. The molecular weight excluding hydrogens is 1210 g/mol. The Bertz CT molecular complexity index is 3760. The highest BCUT2D eigenvalue weighted by Crippen LogP contribution is 2.44. The van der Waals surface area contributed by atoms with Crippen molar-refractivity contribution >= 4 is 40.9 Å². The molecular formula is C68H80F8N4O8SSi. The van der Waals surface area contributed by atoms with Crippen molar-refractivity contribution in [1.29, 1.82) is 0 Å². The Balaban J connectivity index is 0.000000332. The third kappa shape index (κ3) is 21.2. The number of nitrogens with two attached hydrogens (primary N) is 1. The van der Waals surface area contributed by atoms with Crippen LogP contribution >= 0.6 is 0 Å². The number of anilines is 1. The van der Waals surface area contributed by atoms with E-state index >= 15 is 0 Å². The van der Waals surface area contributed by atoms with Crippen molar-refractivity contribution < 1.29 is 71.5 Å². The molecule has 22 heteroatoms. The van der Waals surface area contributed by atoms with Gasteiger partial charge in [0, 0.05) is 46.7 Å². The molecule has 0 saturated carbocycles. The van der Waals surface area contributed by atoms with Gasteiger partial charge in [0.05, 0.1) is 38.6 Å². The SMILES string of the molecule is CC(C)=C(C)C.COc1cc2c(cc1OC)-c1cc(C(=O)N[C@@H](CO[Si](C)(C)C(C)(C)C)Cc3c[nH]c4ccccc34)c(OS(=O)(=O)C(F)(F)F)cc1CC2.Cc1c(F)cc(O)cc1F.Cc1ccc(N)cc1F.Cc1ccccc1F.Cc1ccncc1F. The topological polar surface area (TPSA) is 175 Å². The number of nitrogen functional groups attached to an aromatic ring is 1. The summed E-state index contributed by atoms with van der Waals surface area (Å²) in [6.45, 7) is 25.5. The average molecular weight is 1290 g/mol. The van der Waals surface area contributed by atoms with Crippen molar-refractivity contribution in [3.05, 3.63) is 213 Å². The van der Waals surface area contributed by atoms with Gasteiger partial charge in [-0.2, -0.15) is 21.6 Å². The monoisotopic (exact) mass is 1290 g/mol. The molecule has 1 aliphatic carbocycles. The zero-order valence-corrected chi connectivity index (χ0v) is 55.1. The summed E-state index contributed by atoms with van der Waals surface area (Å²) in [6, 6.07) is 27.9. The van der Waals surface area contributed by atoms with Crippen LogP contribution in [0.2, 0.25) is 18.1 Å². The molecule has 0 bridgehead atoms. The van der Waals surface area contributed by atoms with Crippen LogP contribution in [0.3, 0.4) is 0 Å². The Hall–Kier alpha value is -8.21. The molecule has 0 fully saturated rings. The maximum Gasteiger partial charge on any atom is 0.534 e. The highest BCUT2D eigenvalue weighted by molar-refractivity contribution is 7.88. The van der Waals surface area contributed by atoms with Crippen molar-refractivity contribution in [3.63, 3.8) is 0 Å². The molecule has 1 aliphatic rings. The molecule has 0 aliphatic heterocycles. The average Bonchev–Trinajstić information content (AvgIpc) is 0.937. The number of nitrogens with zero attached hydrogens (tertiary/aromatic N) is 1. The minimum Gasteiger partial charge on any atom is -0.508 e. The van der Waals surface area contributed by atoms with E-state index in [2.05, 4.69) is 81.0 Å². The summed E-state index contributed by atoms with van der Waals surface area (Å²) in [5, 5.41) is 12.4. The fourth-order valence-electron chi connectivity index (χ4n) is 7.88. The molecule has 0 radical (unpaired) electrons. The number of ether oxygens (including phenoxy) is 2. The number of para-hydroxylation sites is 1. The number of nitrogens with one attached hydrogen (secondary N) is 2. The first-order valence-electron chi connectivity index (χ1n) is 28.4. The molecule has 9 rings (SSSR count). The number of methoxy groups -OCH3 is 2. The maximum absolute atomic E-state index is 14.2. The lowest BCUT2D eigenvalue weighted by Crippen LogP contribution is -2.47. The predicted octanol–water partition coefficient (Wildman–Crippen LogP) is 17.3. The second-order valence-corrected chi connectivity index (χ2v) is 29.4. The number of phenols is 1. The number of alkyl halides is 3. The van der Waals surface area contributed by atoms with E-state index in [-0.39, 0.29) is 46.0 Å². The number of aryl methyl sites for hydroxylation is 5. The molecule has 8 aromatic rings. The predicted molar refractivity (Wildman–Crippen MR) is 342 cm³/mol. The number of benzene rings is 6. The van der Waals surface area contributed by atoms with Gasteiger partial charge in [-0.1, -0.05) is 74.4 Å². The number of aromatic amines is 1. The number of allylic oxidation sites excluding steroid dienone is 2. The Labute approximate surface area is 523 Å². The number of H-pyrrole nitrogens is 1. The van der Waals surface area contributed by atoms with Gasteiger partial charge in [0.25, 0.3) is 5.91 Å². The van der Waals surface area contributed by atoms with Crippen molar-refractivity contribution in [2.75, 3.05) is 26.6 Å². The highest BCUT2D eigenvalue weighted by Gasteiger charge is 2.49. The molecule has 1 amide bonds. The van der Waals surface area contributed by atoms with Crippen LogP contribution in [0, 0.1) is 56.8 Å². The summed E-state index contributed by atoms with van der Waals surface area (Å²) in [5.74, 6) is -3.06. The zero-order chi connectivity index (χ0) is 67.6. The minimum atomic E-state index is -6.09. The third-order valence-corrected chi connectivity index (χ3v) is 20.4. The molecule has 6 aromatic carbocycles. The van der Waals surface area contributed by atoms with Crippen molar-refractivity contribution in [2.45, 2.75) is 125 Å². The van der Waals surface area contributed by atoms with E-state index in [1.165, 1.54) is 62.8 Å². The van der Waals surface area contributed by atoms with Crippen LogP contribution in [0.5, 0.6) is 23.0 Å². The first-order valence-corrected chi connectivity index (χ1v) is 32.7. The lowest BCUT2D eigenvalue weighted by atomic mass is 9.84. The van der Waals surface area contributed by atoms with Gasteiger partial charge in [0.2, 0.25) is 0 Å². The standard InChI is InChI=1S/C35H41F3N2O7SSi.C7H6F2O.C7H8FN.C7H7F.C6H6FN.C6H12/c1-34(2,3)49(6,7)46-20-24(14-23-19-39-29-11-9-8-10-25(23)29)40-33(41)28-17-26-21(15-30(28)47-48(42,43)35(36,37)38)12-13-22-16-31(44-4)32(45-5)18-27(22)26;1-4-6(8)2-5(10)3-7(4)9;1-5-2-3-6(9)4-7(5)8;1-6-4-2-3-5-7(6)8;1-5-2-3-8-4-6(5)7;1-5(2)6(3)4/h8-11,15-19,24,39H,12-14,20H2,1-7H3,(H,40,41);2-3,10H,1H3;2-4H,9H2,1H3;2-5H,1H3;2-4H,1H3;1-4H3/t24-;;;;;/m1...../s1. The van der Waals surface area contributed by atoms with E-state index in [0.717, 1.165) is 34.2 Å². The van der Waals surface area contributed by atoms with E-state index in [4.69, 9.17) is 24.7 Å². The number of rotatable bonds is 11. The number of hydrogen-bond acceptors (Lipinski definition) is 10. The first-order chi connectivity index (χ1) is 41.9. The number of pyridine rings is 1. The second kappa shape index (κ2) is 32.5. The van der Waals surface area contributed by atoms with Gasteiger partial charge in [-0.3, -0.25) is 9.78 Å². The number of aromatic hydroxyl groups is 1. The molecule has 0 saturated heterocycles. The largest absolute Gasteiger partial charge is 0.534 e. The van der Waals surface area contributed by atoms with Gasteiger partial charge in [-0.25, -0.2) is 22.0 Å². The van der Waals surface area contributed by atoms with Crippen LogP contribution in [-0.2, 0) is 33.8 Å². The Kier molecular flexibility index (Phi) is 26.8. The molecule has 2 aromatic heterocycles. The van der Waals surface area contributed by atoms with Gasteiger partial charge in [0.15, 0.2) is 25.6 Å². The summed E-state index contributed by atoms with van der Waals surface area (Å²) < 4.78 is 149. The molecule has 0 unspecified atom stereocenters. The fraction of sp³-hybridized carbons (Fsp3) is 0.324. The number of amides is 1. The van der Waals surface area contributed by atoms with Crippen molar-refractivity contribution in [3.8, 4) is 34.1 Å². The number of phenolic OH excluding ortho intramolecular Hbond substituents is 1. The van der Waals surface area contributed by atoms with E-state index in [9.17, 15) is 48.3 Å². The number of aromatic nitrogens is 2. The molecule has 5 N–H and O–H groups in total.